The van der Waals surface area contributed by atoms with Gasteiger partial charge in [0.05, 0.1) is 19.5 Å². The molecule has 3 N–H and O–H groups in total. The average Bonchev–Trinajstić information content (AvgIpc) is 3.43. The number of aromatic nitrogens is 2. The second kappa shape index (κ2) is 10.3. The van der Waals surface area contributed by atoms with Crippen LogP contribution in [0.5, 0.6) is 0 Å². The first kappa shape index (κ1) is 26.7. The van der Waals surface area contributed by atoms with E-state index in [1.54, 1.807) is 30.3 Å². The van der Waals surface area contributed by atoms with E-state index in [2.05, 4.69) is 25.4 Å². The number of nitrogens with two attached hydrogens (primary N) is 1. The fourth-order valence-corrected chi connectivity index (χ4v) is 5.67. The Morgan fingerprint density at radius 3 is 2.28 bits per heavy atom. The van der Waals surface area contributed by atoms with Crippen LogP contribution in [0.1, 0.15) is 20.7 Å². The second-order valence-electron chi connectivity index (χ2n) is 9.21. The van der Waals surface area contributed by atoms with Crippen LogP contribution in [0.25, 0.3) is 11.0 Å². The molecule has 39 heavy (non-hydrogen) atoms. The molecule has 2 aliphatic rings. The molecule has 0 bridgehead atoms. The van der Waals surface area contributed by atoms with Gasteiger partial charge in [0.15, 0.2) is 16.7 Å². The zero-order valence-corrected chi connectivity index (χ0v) is 22.4. The predicted octanol–water partition coefficient (Wildman–Crippen LogP) is 0.170. The number of ketones is 2. The number of carbonyl (C=O) groups is 2. The Morgan fingerprint density at radius 1 is 1.00 bits per heavy atom. The molecule has 1 aliphatic heterocycles. The largest absolute Gasteiger partial charge is 0.367 e. The molecule has 206 valence electrons. The van der Waals surface area contributed by atoms with E-state index >= 15 is 0 Å². The Hall–Kier alpha value is -3.89. The molecule has 1 saturated heterocycles. The number of benzene rings is 2. The van der Waals surface area contributed by atoms with Gasteiger partial charge in [-0.15, -0.1) is 0 Å². The van der Waals surface area contributed by atoms with Crippen LogP contribution in [0.15, 0.2) is 57.3 Å². The zero-order valence-electron chi connectivity index (χ0n) is 21.6. The van der Waals surface area contributed by atoms with Crippen LogP contribution in [0.4, 0.5) is 5.69 Å². The summed E-state index contributed by atoms with van der Waals surface area (Å²) in [7, 11) is 0.481. The van der Waals surface area contributed by atoms with E-state index in [1.165, 1.54) is 27.3 Å². The molecule has 0 radical (unpaired) electrons. The number of carbonyl (C=O) groups excluding carboxylic acids is 2. The number of hydrazine groups is 1. The Morgan fingerprint density at radius 2 is 1.64 bits per heavy atom. The van der Waals surface area contributed by atoms with Gasteiger partial charge in [0.25, 0.3) is 0 Å². The minimum atomic E-state index is -3.73. The molecule has 14 nitrogen and oxygen atoms in total. The summed E-state index contributed by atoms with van der Waals surface area (Å²) in [6.07, 6.45) is 0. The SMILES string of the molecule is CON(N)C1=C(NCN2CCN(c3ccc(S(=O)(=O)N(C)C)c4nonc34)CC2)C(=O)c2ccccc2C1=O. The Labute approximate surface area is 224 Å². The van der Waals surface area contributed by atoms with Gasteiger partial charge in [-0.1, -0.05) is 24.3 Å². The molecular formula is C24H28N8O6S. The molecule has 0 amide bonds. The van der Waals surface area contributed by atoms with Gasteiger partial charge < -0.3 is 10.2 Å². The maximum atomic E-state index is 13.2. The highest BCUT2D eigenvalue weighted by molar-refractivity contribution is 7.89. The molecule has 5 rings (SSSR count). The summed E-state index contributed by atoms with van der Waals surface area (Å²) in [5, 5.41) is 11.7. The molecule has 1 aromatic heterocycles. The first-order chi connectivity index (χ1) is 18.6. The van der Waals surface area contributed by atoms with Crippen molar-refractivity contribution in [2.24, 2.45) is 5.84 Å². The number of fused-ring (bicyclic) bond motifs is 2. The molecular weight excluding hydrogens is 528 g/mol. The summed E-state index contributed by atoms with van der Waals surface area (Å²) in [5.74, 6) is 5.13. The summed E-state index contributed by atoms with van der Waals surface area (Å²) in [5.41, 5.74) is 1.83. The van der Waals surface area contributed by atoms with Crippen molar-refractivity contribution in [3.8, 4) is 0 Å². The molecule has 3 aromatic rings. The first-order valence-corrected chi connectivity index (χ1v) is 13.5. The molecule has 2 aromatic carbocycles. The lowest BCUT2D eigenvalue weighted by Crippen LogP contribution is -2.50. The van der Waals surface area contributed by atoms with Crippen LogP contribution in [0.2, 0.25) is 0 Å². The van der Waals surface area contributed by atoms with E-state index in [9.17, 15) is 18.0 Å². The number of allylic oxidation sites excluding steroid dienone is 2. The van der Waals surface area contributed by atoms with Crippen molar-refractivity contribution >= 4 is 38.3 Å². The Bertz CT molecular complexity index is 1580. The van der Waals surface area contributed by atoms with Crippen molar-refractivity contribution in [2.45, 2.75) is 4.90 Å². The fourth-order valence-electron chi connectivity index (χ4n) is 4.66. The van der Waals surface area contributed by atoms with Crippen molar-refractivity contribution in [3.63, 3.8) is 0 Å². The van der Waals surface area contributed by atoms with Gasteiger partial charge >= 0.3 is 0 Å². The number of hydrogen-bond donors (Lipinski definition) is 2. The molecule has 1 aliphatic carbocycles. The lowest BCUT2D eigenvalue weighted by atomic mass is 9.90. The van der Waals surface area contributed by atoms with E-state index in [0.717, 1.165) is 9.48 Å². The quantitative estimate of drug-likeness (QED) is 0.285. The summed E-state index contributed by atoms with van der Waals surface area (Å²) in [6.45, 7) is 2.68. The highest BCUT2D eigenvalue weighted by atomic mass is 32.2. The molecule has 2 heterocycles. The second-order valence-corrected chi connectivity index (χ2v) is 11.3. The van der Waals surface area contributed by atoms with Gasteiger partial charge in [0.1, 0.15) is 10.6 Å². The zero-order chi connectivity index (χ0) is 27.9. The lowest BCUT2D eigenvalue weighted by Gasteiger charge is -2.36. The minimum Gasteiger partial charge on any atom is -0.367 e. The Balaban J connectivity index is 1.31. The van der Waals surface area contributed by atoms with Gasteiger partial charge in [0, 0.05) is 51.4 Å². The average molecular weight is 557 g/mol. The number of piperazine rings is 1. The highest BCUT2D eigenvalue weighted by Crippen LogP contribution is 2.31. The normalized spacial score (nSPS) is 16.8. The summed E-state index contributed by atoms with van der Waals surface area (Å²) in [6, 6.07) is 9.79. The summed E-state index contributed by atoms with van der Waals surface area (Å²) in [4.78, 5) is 35.6. The standard InChI is InChI=1S/C24H28N8O6S/c1-29(2)39(35,36)18-9-8-17(19-20(18)28-38-27-19)31-12-10-30(11-13-31)14-26-21-22(32(25)37-3)24(34)16-7-5-4-6-15(16)23(21)33/h4-9,26H,10-14,25H2,1-3H3. The van der Waals surface area contributed by atoms with Crippen molar-refractivity contribution < 1.29 is 27.5 Å². The number of rotatable bonds is 8. The number of nitrogens with one attached hydrogen (secondary N) is 1. The highest BCUT2D eigenvalue weighted by Gasteiger charge is 2.35. The molecule has 0 saturated carbocycles. The van der Waals surface area contributed by atoms with Crippen LogP contribution >= 0.6 is 0 Å². The third kappa shape index (κ3) is 4.63. The van der Waals surface area contributed by atoms with E-state index in [1.807, 2.05) is 0 Å². The fraction of sp³-hybridized carbons (Fsp3) is 0.333. The van der Waals surface area contributed by atoms with Gasteiger partial charge in [-0.05, 0) is 22.4 Å². The molecule has 0 atom stereocenters. The number of sulfonamides is 1. The van der Waals surface area contributed by atoms with Crippen LogP contribution in [-0.4, -0.2) is 98.7 Å². The van der Waals surface area contributed by atoms with Crippen molar-refractivity contribution in [2.75, 3.05) is 59.0 Å². The maximum Gasteiger partial charge on any atom is 0.244 e. The maximum absolute atomic E-state index is 13.2. The van der Waals surface area contributed by atoms with E-state index in [0.29, 0.717) is 42.9 Å². The third-order valence-corrected chi connectivity index (χ3v) is 8.67. The number of hydroxylamine groups is 1. The van der Waals surface area contributed by atoms with Crippen molar-refractivity contribution in [3.05, 3.63) is 58.9 Å². The summed E-state index contributed by atoms with van der Waals surface area (Å²) >= 11 is 0. The number of hydrogen-bond acceptors (Lipinski definition) is 13. The smallest absolute Gasteiger partial charge is 0.244 e. The number of anilines is 1. The molecule has 0 spiro atoms. The van der Waals surface area contributed by atoms with Crippen LogP contribution in [0, 0.1) is 0 Å². The van der Waals surface area contributed by atoms with Gasteiger partial charge in [-0.25, -0.2) is 23.2 Å². The monoisotopic (exact) mass is 556 g/mol. The van der Waals surface area contributed by atoms with Crippen molar-refractivity contribution in [1.82, 2.24) is 30.0 Å². The van der Waals surface area contributed by atoms with E-state index in [-0.39, 0.29) is 39.8 Å². The topological polar surface area (TPSA) is 167 Å². The minimum absolute atomic E-state index is 0.0256. The predicted molar refractivity (Wildman–Crippen MR) is 140 cm³/mol. The molecule has 1 fully saturated rings. The van der Waals surface area contributed by atoms with Crippen LogP contribution in [-0.2, 0) is 14.9 Å². The van der Waals surface area contributed by atoms with Crippen LogP contribution < -0.4 is 16.1 Å². The van der Waals surface area contributed by atoms with E-state index in [4.69, 9.17) is 15.3 Å². The van der Waals surface area contributed by atoms with Gasteiger partial charge in [-0.2, -0.15) is 5.17 Å². The van der Waals surface area contributed by atoms with Gasteiger partial charge in [-0.3, -0.25) is 19.3 Å². The van der Waals surface area contributed by atoms with Crippen LogP contribution in [0.3, 0.4) is 0 Å². The van der Waals surface area contributed by atoms with E-state index < -0.39 is 15.8 Å². The molecule has 15 heteroatoms. The first-order valence-electron chi connectivity index (χ1n) is 12.1. The number of Topliss-reactive ketones (excluding diaryl/α,β-unsaturated/α-hetero) is 2. The summed E-state index contributed by atoms with van der Waals surface area (Å²) < 4.78 is 31.4. The third-order valence-electron chi connectivity index (χ3n) is 6.82. The van der Waals surface area contributed by atoms with Crippen molar-refractivity contribution in [1.29, 1.82) is 0 Å². The number of nitrogens with zero attached hydrogens (tertiary/aromatic N) is 6. The Kier molecular flexibility index (Phi) is 7.09. The van der Waals surface area contributed by atoms with Gasteiger partial charge in [0.2, 0.25) is 21.6 Å². The molecule has 0 unspecified atom stereocenters. The lowest BCUT2D eigenvalue weighted by molar-refractivity contribution is -0.100.